The molecule has 0 saturated heterocycles. The molecule has 0 spiro atoms. The second-order valence-corrected chi connectivity index (χ2v) is 6.66. The Bertz CT molecular complexity index is 1350. The minimum absolute atomic E-state index is 0.00376. The summed E-state index contributed by atoms with van der Waals surface area (Å²) >= 11 is 0. The maximum absolute atomic E-state index is 11.7. The van der Waals surface area contributed by atoms with Gasteiger partial charge in [-0.15, -0.1) is 0 Å². The van der Waals surface area contributed by atoms with Crippen molar-refractivity contribution in [2.75, 3.05) is 7.11 Å². The molecule has 0 radical (unpaired) electrons. The number of aromatic nitrogens is 3. The minimum atomic E-state index is -0.999. The van der Waals surface area contributed by atoms with Crippen molar-refractivity contribution < 1.29 is 23.9 Å². The fourth-order valence-electron chi connectivity index (χ4n) is 3.22. The van der Waals surface area contributed by atoms with Gasteiger partial charge in [0, 0.05) is 24.7 Å². The number of benzene rings is 2. The molecule has 0 aliphatic carbocycles. The van der Waals surface area contributed by atoms with Gasteiger partial charge in [-0.1, -0.05) is 12.1 Å². The molecule has 1 amide bonds. The summed E-state index contributed by atoms with van der Waals surface area (Å²) in [4.78, 5) is 26.5. The van der Waals surface area contributed by atoms with Gasteiger partial charge in [0.1, 0.15) is 11.3 Å². The molecule has 0 atom stereocenters. The van der Waals surface area contributed by atoms with Crippen LogP contribution in [0.4, 0.5) is 10.5 Å². The third-order valence-electron chi connectivity index (χ3n) is 4.52. The third-order valence-corrected chi connectivity index (χ3v) is 4.52. The normalized spacial score (nSPS) is 10.7. The molecule has 0 aliphatic rings. The van der Waals surface area contributed by atoms with E-state index < -0.39 is 11.0 Å². The lowest BCUT2D eigenvalue weighted by molar-refractivity contribution is -0.385. The Kier molecular flexibility index (Phi) is 5.29. The largest absolute Gasteiger partial charge is 0.490 e. The van der Waals surface area contributed by atoms with Crippen molar-refractivity contribution in [2.45, 2.75) is 0 Å². The Labute approximate surface area is 181 Å². The number of hydrogen-bond acceptors (Lipinski definition) is 8. The molecule has 2 heterocycles. The second kappa shape index (κ2) is 8.22. The van der Waals surface area contributed by atoms with E-state index in [4.69, 9.17) is 19.9 Å². The van der Waals surface area contributed by atoms with Crippen LogP contribution in [0.1, 0.15) is 0 Å². The van der Waals surface area contributed by atoms with Crippen LogP contribution < -0.4 is 19.9 Å². The van der Waals surface area contributed by atoms with Gasteiger partial charge in [-0.25, -0.2) is 9.78 Å². The van der Waals surface area contributed by atoms with E-state index in [2.05, 4.69) is 10.1 Å². The number of primary amides is 1. The van der Waals surface area contributed by atoms with E-state index in [0.29, 0.717) is 27.9 Å². The van der Waals surface area contributed by atoms with Crippen molar-refractivity contribution in [3.05, 3.63) is 64.8 Å². The monoisotopic (exact) mass is 435 g/mol. The summed E-state index contributed by atoms with van der Waals surface area (Å²) in [7, 11) is 3.09. The number of nitro groups is 1. The van der Waals surface area contributed by atoms with E-state index in [9.17, 15) is 14.9 Å². The standard InChI is InChI=1S/C21H17N5O6/c1-25-9-8-15(24-25)14-10-13(11-16(26(28)29)20(14)30-2)31-17-5-3-4-12-6-7-18(23-19(12)17)32-21(22)27/h3-11H,1-2H3,(H2,22,27). The van der Waals surface area contributed by atoms with Crippen LogP contribution in [0.3, 0.4) is 0 Å². The van der Waals surface area contributed by atoms with E-state index in [1.165, 1.54) is 19.2 Å². The predicted octanol–water partition coefficient (Wildman–Crippen LogP) is 3.80. The zero-order valence-corrected chi connectivity index (χ0v) is 17.0. The first-order valence-electron chi connectivity index (χ1n) is 9.27. The van der Waals surface area contributed by atoms with E-state index in [0.717, 1.165) is 0 Å². The van der Waals surface area contributed by atoms with Crippen molar-refractivity contribution in [3.63, 3.8) is 0 Å². The number of para-hydroxylation sites is 1. The first kappa shape index (κ1) is 20.6. The smallest absolute Gasteiger partial charge is 0.411 e. The zero-order valence-electron chi connectivity index (χ0n) is 17.0. The van der Waals surface area contributed by atoms with Gasteiger partial charge in [-0.3, -0.25) is 14.8 Å². The molecule has 162 valence electrons. The highest BCUT2D eigenvalue weighted by molar-refractivity contribution is 5.86. The molecule has 0 bridgehead atoms. The van der Waals surface area contributed by atoms with Crippen molar-refractivity contribution in [1.29, 1.82) is 0 Å². The van der Waals surface area contributed by atoms with Gasteiger partial charge < -0.3 is 19.9 Å². The number of nitrogens with zero attached hydrogens (tertiary/aromatic N) is 4. The average molecular weight is 435 g/mol. The summed E-state index contributed by atoms with van der Waals surface area (Å²) in [5.41, 5.74) is 6.03. The van der Waals surface area contributed by atoms with Crippen LogP contribution in [0.5, 0.6) is 23.1 Å². The molecule has 11 nitrogen and oxygen atoms in total. The predicted molar refractivity (Wildman–Crippen MR) is 114 cm³/mol. The van der Waals surface area contributed by atoms with E-state index in [1.807, 2.05) is 0 Å². The van der Waals surface area contributed by atoms with Crippen LogP contribution in [-0.4, -0.2) is 32.9 Å². The lowest BCUT2D eigenvalue weighted by atomic mass is 10.1. The Morgan fingerprint density at radius 1 is 1.19 bits per heavy atom. The number of carbonyl (C=O) groups is 1. The summed E-state index contributed by atoms with van der Waals surface area (Å²) in [6, 6.07) is 12.9. The Hall–Kier alpha value is -4.67. The third kappa shape index (κ3) is 3.99. The molecule has 4 aromatic rings. The molecule has 0 aliphatic heterocycles. The number of methoxy groups -OCH3 is 1. The van der Waals surface area contributed by atoms with Gasteiger partial charge in [0.05, 0.1) is 29.4 Å². The molecule has 11 heteroatoms. The van der Waals surface area contributed by atoms with Crippen molar-refractivity contribution in [3.8, 4) is 34.4 Å². The summed E-state index contributed by atoms with van der Waals surface area (Å²) in [5.74, 6) is 0.530. The van der Waals surface area contributed by atoms with Gasteiger partial charge in [0.2, 0.25) is 11.6 Å². The van der Waals surface area contributed by atoms with E-state index in [-0.39, 0.29) is 23.1 Å². The number of ether oxygens (including phenoxy) is 3. The number of carbonyl (C=O) groups excluding carboxylic acids is 1. The first-order chi connectivity index (χ1) is 15.4. The molecule has 0 saturated carbocycles. The Morgan fingerprint density at radius 3 is 2.66 bits per heavy atom. The Morgan fingerprint density at radius 2 is 2.00 bits per heavy atom. The molecular weight excluding hydrogens is 418 g/mol. The second-order valence-electron chi connectivity index (χ2n) is 6.66. The van der Waals surface area contributed by atoms with Crippen LogP contribution >= 0.6 is 0 Å². The van der Waals surface area contributed by atoms with Crippen LogP contribution in [0.15, 0.2) is 54.7 Å². The van der Waals surface area contributed by atoms with Gasteiger partial charge in [0.25, 0.3) is 0 Å². The zero-order chi connectivity index (χ0) is 22.8. The summed E-state index contributed by atoms with van der Waals surface area (Å²) in [6.45, 7) is 0. The molecule has 0 fully saturated rings. The van der Waals surface area contributed by atoms with E-state index >= 15 is 0 Å². The molecular formula is C21H17N5O6. The van der Waals surface area contributed by atoms with Gasteiger partial charge in [-0.2, -0.15) is 5.10 Å². The summed E-state index contributed by atoms with van der Waals surface area (Å²) in [5, 5.41) is 16.7. The Balaban J connectivity index is 1.84. The van der Waals surface area contributed by atoms with Gasteiger partial charge >= 0.3 is 11.8 Å². The van der Waals surface area contributed by atoms with Crippen LogP contribution in [0.25, 0.3) is 22.2 Å². The van der Waals surface area contributed by atoms with Crippen LogP contribution in [-0.2, 0) is 7.05 Å². The molecule has 2 aromatic carbocycles. The number of nitrogens with two attached hydrogens (primary N) is 1. The lowest BCUT2D eigenvalue weighted by Crippen LogP contribution is -2.16. The quantitative estimate of drug-likeness (QED) is 0.356. The SMILES string of the molecule is COc1c(-c2ccn(C)n2)cc(Oc2cccc3ccc(OC(N)=O)nc23)cc1[N+](=O)[O-]. The number of amides is 1. The molecule has 2 aromatic heterocycles. The molecule has 2 N–H and O–H groups in total. The number of aryl methyl sites for hydroxylation is 1. The van der Waals surface area contributed by atoms with Crippen molar-refractivity contribution >= 4 is 22.7 Å². The van der Waals surface area contributed by atoms with Crippen molar-refractivity contribution in [1.82, 2.24) is 14.8 Å². The lowest BCUT2D eigenvalue weighted by Gasteiger charge is -2.13. The molecule has 32 heavy (non-hydrogen) atoms. The fourth-order valence-corrected chi connectivity index (χ4v) is 3.22. The van der Waals surface area contributed by atoms with Crippen molar-refractivity contribution in [2.24, 2.45) is 12.8 Å². The van der Waals surface area contributed by atoms with Crippen LogP contribution in [0, 0.1) is 10.1 Å². The fraction of sp³-hybridized carbons (Fsp3) is 0.0952. The topological polar surface area (TPSA) is 145 Å². The number of fused-ring (bicyclic) bond motifs is 1. The van der Waals surface area contributed by atoms with E-state index in [1.54, 1.807) is 54.3 Å². The highest BCUT2D eigenvalue weighted by atomic mass is 16.6. The maximum atomic E-state index is 11.7. The molecule has 4 rings (SSSR count). The number of nitro benzene ring substituents is 1. The number of rotatable bonds is 6. The van der Waals surface area contributed by atoms with Gasteiger partial charge in [-0.05, 0) is 24.3 Å². The maximum Gasteiger partial charge on any atom is 0.411 e. The van der Waals surface area contributed by atoms with Crippen LogP contribution in [0.2, 0.25) is 0 Å². The summed E-state index contributed by atoms with van der Waals surface area (Å²) in [6.07, 6.45) is 0.712. The number of pyridine rings is 1. The summed E-state index contributed by atoms with van der Waals surface area (Å²) < 4.78 is 17.7. The average Bonchev–Trinajstić information content (AvgIpc) is 3.19. The molecule has 0 unspecified atom stereocenters. The first-order valence-corrected chi connectivity index (χ1v) is 9.27. The minimum Gasteiger partial charge on any atom is -0.490 e. The highest BCUT2D eigenvalue weighted by Gasteiger charge is 2.24. The number of hydrogen-bond donors (Lipinski definition) is 1. The highest BCUT2D eigenvalue weighted by Crippen LogP contribution is 2.42. The van der Waals surface area contributed by atoms with Gasteiger partial charge in [0.15, 0.2) is 5.75 Å².